The summed E-state index contributed by atoms with van der Waals surface area (Å²) >= 11 is 2.69. The lowest BCUT2D eigenvalue weighted by Gasteiger charge is -2.24. The van der Waals surface area contributed by atoms with E-state index in [-0.39, 0.29) is 17.9 Å². The number of hydrogen-bond acceptors (Lipinski definition) is 5. The van der Waals surface area contributed by atoms with Crippen LogP contribution in [0.2, 0.25) is 0 Å². The second-order valence-electron chi connectivity index (χ2n) is 5.13. The number of carbonyl (C=O) groups is 2. The van der Waals surface area contributed by atoms with E-state index in [1.807, 2.05) is 20.8 Å². The Hall–Kier alpha value is -1.08. The van der Waals surface area contributed by atoms with Gasteiger partial charge in [0.2, 0.25) is 5.91 Å². The number of nitrogens with zero attached hydrogens (tertiary/aromatic N) is 1. The highest BCUT2D eigenvalue weighted by Gasteiger charge is 2.18. The topological polar surface area (TPSA) is 79.3 Å². The molecule has 112 valence electrons. The quantitative estimate of drug-likeness (QED) is 0.756. The van der Waals surface area contributed by atoms with Gasteiger partial charge in [0.15, 0.2) is 4.34 Å². The number of amides is 1. The van der Waals surface area contributed by atoms with E-state index in [2.05, 4.69) is 10.3 Å². The van der Waals surface area contributed by atoms with Crippen molar-refractivity contribution in [1.29, 1.82) is 0 Å². The third kappa shape index (κ3) is 5.50. The van der Waals surface area contributed by atoms with Crippen molar-refractivity contribution >= 4 is 35.0 Å². The van der Waals surface area contributed by atoms with Gasteiger partial charge in [-0.1, -0.05) is 18.7 Å². The molecule has 1 aromatic rings. The molecule has 20 heavy (non-hydrogen) atoms. The maximum atomic E-state index is 11.8. The SMILES string of the molecule is CCC(C)(C)NC(=O)CSc1nc(C)c(CC(=O)O)s1. The zero-order valence-electron chi connectivity index (χ0n) is 12.1. The molecular formula is C13H20N2O3S2. The van der Waals surface area contributed by atoms with E-state index in [9.17, 15) is 9.59 Å². The van der Waals surface area contributed by atoms with Crippen molar-refractivity contribution in [2.45, 2.75) is 50.4 Å². The van der Waals surface area contributed by atoms with Gasteiger partial charge < -0.3 is 10.4 Å². The van der Waals surface area contributed by atoms with E-state index in [4.69, 9.17) is 5.11 Å². The predicted molar refractivity (Wildman–Crippen MR) is 81.4 cm³/mol. The second-order valence-corrected chi connectivity index (χ2v) is 7.44. The van der Waals surface area contributed by atoms with Crippen LogP contribution in [0.15, 0.2) is 4.34 Å². The summed E-state index contributed by atoms with van der Waals surface area (Å²) in [5.41, 5.74) is 0.527. The Morgan fingerprint density at radius 2 is 2.10 bits per heavy atom. The lowest BCUT2D eigenvalue weighted by molar-refractivity contribution is -0.136. The zero-order chi connectivity index (χ0) is 15.3. The highest BCUT2D eigenvalue weighted by molar-refractivity contribution is 8.01. The number of carboxylic acid groups (broad SMARTS) is 1. The average Bonchev–Trinajstić information content (AvgIpc) is 2.66. The molecule has 0 aliphatic rings. The van der Waals surface area contributed by atoms with Crippen LogP contribution in [0.1, 0.15) is 37.8 Å². The normalized spacial score (nSPS) is 11.4. The molecule has 0 spiro atoms. The van der Waals surface area contributed by atoms with Gasteiger partial charge in [-0.25, -0.2) is 4.98 Å². The monoisotopic (exact) mass is 316 g/mol. The van der Waals surface area contributed by atoms with E-state index < -0.39 is 5.97 Å². The number of aromatic nitrogens is 1. The number of aryl methyl sites for hydroxylation is 1. The van der Waals surface area contributed by atoms with E-state index in [1.165, 1.54) is 23.1 Å². The first-order chi connectivity index (χ1) is 9.23. The van der Waals surface area contributed by atoms with Gasteiger partial charge in [0.25, 0.3) is 0 Å². The Balaban J connectivity index is 2.54. The Kier molecular flexibility index (Phi) is 6.01. The summed E-state index contributed by atoms with van der Waals surface area (Å²) in [7, 11) is 0. The largest absolute Gasteiger partial charge is 0.481 e. The minimum atomic E-state index is -0.865. The predicted octanol–water partition coefficient (Wildman–Crippen LogP) is 2.48. The van der Waals surface area contributed by atoms with E-state index in [0.717, 1.165) is 21.3 Å². The minimum absolute atomic E-state index is 0.0148. The summed E-state index contributed by atoms with van der Waals surface area (Å²) in [6.45, 7) is 7.77. The van der Waals surface area contributed by atoms with Crippen molar-refractivity contribution in [1.82, 2.24) is 10.3 Å². The maximum absolute atomic E-state index is 11.8. The van der Waals surface area contributed by atoms with Crippen molar-refractivity contribution in [3.63, 3.8) is 0 Å². The zero-order valence-corrected chi connectivity index (χ0v) is 13.8. The molecule has 5 nitrogen and oxygen atoms in total. The molecule has 0 unspecified atom stereocenters. The van der Waals surface area contributed by atoms with Crippen LogP contribution in [0.3, 0.4) is 0 Å². The van der Waals surface area contributed by atoms with Gasteiger partial charge in [-0.15, -0.1) is 11.3 Å². The van der Waals surface area contributed by atoms with Crippen molar-refractivity contribution in [2.24, 2.45) is 0 Å². The molecule has 0 radical (unpaired) electrons. The van der Waals surface area contributed by atoms with Crippen LogP contribution in [0.5, 0.6) is 0 Å². The third-order valence-electron chi connectivity index (χ3n) is 2.87. The molecule has 0 saturated heterocycles. The molecule has 0 aromatic carbocycles. The van der Waals surface area contributed by atoms with Crippen molar-refractivity contribution < 1.29 is 14.7 Å². The summed E-state index contributed by atoms with van der Waals surface area (Å²) in [5, 5.41) is 11.7. The van der Waals surface area contributed by atoms with Crippen molar-refractivity contribution in [2.75, 3.05) is 5.75 Å². The number of rotatable bonds is 7. The smallest absolute Gasteiger partial charge is 0.308 e. The molecule has 1 rings (SSSR count). The number of carboxylic acids is 1. The summed E-state index contributed by atoms with van der Waals surface area (Å²) in [6.07, 6.45) is 0.849. The van der Waals surface area contributed by atoms with Crippen molar-refractivity contribution in [3.05, 3.63) is 10.6 Å². The van der Waals surface area contributed by atoms with Crippen molar-refractivity contribution in [3.8, 4) is 0 Å². The fraction of sp³-hybridized carbons (Fsp3) is 0.615. The molecule has 2 N–H and O–H groups in total. The molecular weight excluding hydrogens is 296 g/mol. The number of thioether (sulfide) groups is 1. The molecule has 0 aliphatic heterocycles. The van der Waals surface area contributed by atoms with Gasteiger partial charge in [-0.3, -0.25) is 9.59 Å². The van der Waals surface area contributed by atoms with Gasteiger partial charge in [-0.05, 0) is 27.2 Å². The first kappa shape index (κ1) is 17.0. The molecule has 0 atom stereocenters. The number of nitrogens with one attached hydrogen (secondary N) is 1. The minimum Gasteiger partial charge on any atom is -0.481 e. The summed E-state index contributed by atoms with van der Waals surface area (Å²) in [5.74, 6) is -0.603. The van der Waals surface area contributed by atoms with E-state index in [1.54, 1.807) is 6.92 Å². The Bertz CT molecular complexity index is 498. The average molecular weight is 316 g/mol. The Labute approximate surface area is 127 Å². The van der Waals surface area contributed by atoms with Gasteiger partial charge in [0.1, 0.15) is 0 Å². The van der Waals surface area contributed by atoms with Gasteiger partial charge >= 0.3 is 5.97 Å². The van der Waals surface area contributed by atoms with Crippen LogP contribution in [-0.4, -0.2) is 33.3 Å². The number of hydrogen-bond donors (Lipinski definition) is 2. The van der Waals surface area contributed by atoms with Crippen LogP contribution in [-0.2, 0) is 16.0 Å². The molecule has 0 aliphatic carbocycles. The van der Waals surface area contributed by atoms with Crippen LogP contribution < -0.4 is 5.32 Å². The van der Waals surface area contributed by atoms with Gasteiger partial charge in [-0.2, -0.15) is 0 Å². The summed E-state index contributed by atoms with van der Waals surface area (Å²) in [6, 6.07) is 0. The number of thiazole rings is 1. The summed E-state index contributed by atoms with van der Waals surface area (Å²) in [4.78, 5) is 27.5. The third-order valence-corrected chi connectivity index (χ3v) is 5.17. The maximum Gasteiger partial charge on any atom is 0.308 e. The van der Waals surface area contributed by atoms with Crippen LogP contribution in [0.4, 0.5) is 0 Å². The Morgan fingerprint density at radius 1 is 1.45 bits per heavy atom. The molecule has 7 heteroatoms. The number of aliphatic carboxylic acids is 1. The lowest BCUT2D eigenvalue weighted by Crippen LogP contribution is -2.43. The first-order valence-corrected chi connectivity index (χ1v) is 8.15. The van der Waals surface area contributed by atoms with Crippen LogP contribution in [0.25, 0.3) is 0 Å². The molecule has 0 bridgehead atoms. The lowest BCUT2D eigenvalue weighted by atomic mass is 10.0. The summed E-state index contributed by atoms with van der Waals surface area (Å²) < 4.78 is 0.739. The standard InChI is InChI=1S/C13H20N2O3S2/c1-5-13(3,4)15-10(16)7-19-12-14-8(2)9(20-12)6-11(17)18/h5-7H2,1-4H3,(H,15,16)(H,17,18). The molecule has 0 fully saturated rings. The van der Waals surface area contributed by atoms with E-state index in [0.29, 0.717) is 5.75 Å². The molecule has 0 saturated carbocycles. The molecule has 1 amide bonds. The highest BCUT2D eigenvalue weighted by atomic mass is 32.2. The van der Waals surface area contributed by atoms with E-state index >= 15 is 0 Å². The second kappa shape index (κ2) is 7.08. The van der Waals surface area contributed by atoms with Gasteiger partial charge in [0, 0.05) is 10.4 Å². The van der Waals surface area contributed by atoms with Crippen LogP contribution >= 0.6 is 23.1 Å². The fourth-order valence-electron chi connectivity index (χ4n) is 1.39. The van der Waals surface area contributed by atoms with Crippen LogP contribution in [0, 0.1) is 6.92 Å². The van der Waals surface area contributed by atoms with Gasteiger partial charge in [0.05, 0.1) is 17.9 Å². The fourth-order valence-corrected chi connectivity index (χ4v) is 3.42. The Morgan fingerprint density at radius 3 is 2.65 bits per heavy atom. The molecule has 1 aromatic heterocycles. The highest BCUT2D eigenvalue weighted by Crippen LogP contribution is 2.27. The number of carbonyl (C=O) groups excluding carboxylic acids is 1. The molecule has 1 heterocycles. The first-order valence-electron chi connectivity index (χ1n) is 6.35.